The molecule has 19 heavy (non-hydrogen) atoms. The lowest BCUT2D eigenvalue weighted by Gasteiger charge is -2.39. The van der Waals surface area contributed by atoms with E-state index in [1.807, 2.05) is 0 Å². The van der Waals surface area contributed by atoms with E-state index >= 15 is 0 Å². The van der Waals surface area contributed by atoms with Crippen molar-refractivity contribution in [2.75, 3.05) is 37.0 Å². The van der Waals surface area contributed by atoms with Gasteiger partial charge in [-0.2, -0.15) is 0 Å². The number of nitrogens with one attached hydrogen (secondary N) is 1. The molecule has 0 aromatic carbocycles. The van der Waals surface area contributed by atoms with Crippen LogP contribution in [0, 0.1) is 10.1 Å². The van der Waals surface area contributed by atoms with E-state index in [1.165, 1.54) is 12.1 Å². The quantitative estimate of drug-likeness (QED) is 0.464. The number of aromatic nitrogens is 1. The maximum atomic E-state index is 10.9. The van der Waals surface area contributed by atoms with Crippen LogP contribution in [0.3, 0.4) is 0 Å². The maximum absolute atomic E-state index is 10.9. The summed E-state index contributed by atoms with van der Waals surface area (Å²) in [6.45, 7) is 4.66. The van der Waals surface area contributed by atoms with E-state index in [9.17, 15) is 10.1 Å². The molecule has 0 saturated carbocycles. The first-order valence-corrected chi connectivity index (χ1v) is 6.09. The standard InChI is InChI=1S/C11H18N6O2/c1-8-7-15(2)3-4-16(8)11-6-9(17(18)19)5-10(13-11)14-12/h5-6,8H,3-4,7,12H2,1-2H3,(H,13,14). The normalized spacial score (nSPS) is 20.4. The van der Waals surface area contributed by atoms with Crippen molar-refractivity contribution in [1.82, 2.24) is 9.88 Å². The lowest BCUT2D eigenvalue weighted by molar-refractivity contribution is -0.384. The summed E-state index contributed by atoms with van der Waals surface area (Å²) in [5, 5.41) is 10.9. The van der Waals surface area contributed by atoms with Gasteiger partial charge in [0.05, 0.1) is 17.1 Å². The first-order valence-electron chi connectivity index (χ1n) is 6.09. The monoisotopic (exact) mass is 266 g/mol. The molecule has 2 rings (SSSR count). The van der Waals surface area contributed by atoms with E-state index in [1.54, 1.807) is 0 Å². The SMILES string of the molecule is CC1CN(C)CCN1c1cc([N+](=O)[O-])cc(NN)n1. The van der Waals surface area contributed by atoms with E-state index in [-0.39, 0.29) is 11.7 Å². The lowest BCUT2D eigenvalue weighted by Crippen LogP contribution is -2.50. The third-order valence-corrected chi connectivity index (χ3v) is 3.28. The van der Waals surface area contributed by atoms with E-state index in [0.29, 0.717) is 11.6 Å². The Bertz CT molecular complexity index is 480. The Morgan fingerprint density at radius 2 is 2.26 bits per heavy atom. The van der Waals surface area contributed by atoms with Gasteiger partial charge in [0.2, 0.25) is 0 Å². The molecule has 1 fully saturated rings. The number of nitrogens with zero attached hydrogens (tertiary/aromatic N) is 4. The van der Waals surface area contributed by atoms with Gasteiger partial charge in [-0.15, -0.1) is 0 Å². The third-order valence-electron chi connectivity index (χ3n) is 3.28. The third kappa shape index (κ3) is 2.91. The molecule has 1 saturated heterocycles. The second-order valence-corrected chi connectivity index (χ2v) is 4.77. The summed E-state index contributed by atoms with van der Waals surface area (Å²) in [6, 6.07) is 3.06. The number of nitrogen functional groups attached to an aromatic ring is 1. The zero-order valence-electron chi connectivity index (χ0n) is 11.0. The van der Waals surface area contributed by atoms with Gasteiger partial charge in [0, 0.05) is 25.7 Å². The average molecular weight is 266 g/mol. The molecule has 0 amide bonds. The topological polar surface area (TPSA) is 101 Å². The Kier molecular flexibility index (Phi) is 3.82. The van der Waals surface area contributed by atoms with Gasteiger partial charge in [0.1, 0.15) is 11.6 Å². The average Bonchev–Trinajstić information content (AvgIpc) is 2.38. The second-order valence-electron chi connectivity index (χ2n) is 4.77. The van der Waals surface area contributed by atoms with E-state index in [0.717, 1.165) is 19.6 Å². The molecule has 1 unspecified atom stereocenters. The van der Waals surface area contributed by atoms with E-state index < -0.39 is 4.92 Å². The van der Waals surface area contributed by atoms with Crippen LogP contribution >= 0.6 is 0 Å². The summed E-state index contributed by atoms with van der Waals surface area (Å²) in [5.74, 6) is 6.20. The summed E-state index contributed by atoms with van der Waals surface area (Å²) in [6.07, 6.45) is 0. The largest absolute Gasteiger partial charge is 0.351 e. The molecule has 1 aromatic rings. The highest BCUT2D eigenvalue weighted by Gasteiger charge is 2.24. The van der Waals surface area contributed by atoms with Gasteiger partial charge in [0.25, 0.3) is 5.69 Å². The number of likely N-dealkylation sites (N-methyl/N-ethyl adjacent to an activating group) is 1. The van der Waals surface area contributed by atoms with Crippen molar-refractivity contribution < 1.29 is 4.92 Å². The summed E-state index contributed by atoms with van der Waals surface area (Å²) >= 11 is 0. The van der Waals surface area contributed by atoms with Gasteiger partial charge in [-0.05, 0) is 14.0 Å². The fourth-order valence-electron chi connectivity index (χ4n) is 2.31. The number of hydrogen-bond acceptors (Lipinski definition) is 7. The van der Waals surface area contributed by atoms with Crippen LogP contribution in [0.25, 0.3) is 0 Å². The molecule has 1 aliphatic rings. The molecule has 0 radical (unpaired) electrons. The van der Waals surface area contributed by atoms with Crippen LogP contribution in [0.4, 0.5) is 17.3 Å². The molecule has 1 atom stereocenters. The van der Waals surface area contributed by atoms with Gasteiger partial charge in [-0.3, -0.25) is 10.1 Å². The van der Waals surface area contributed by atoms with Crippen molar-refractivity contribution in [1.29, 1.82) is 0 Å². The van der Waals surface area contributed by atoms with Crippen LogP contribution in [0.2, 0.25) is 0 Å². The number of rotatable bonds is 3. The van der Waals surface area contributed by atoms with Crippen LogP contribution in [0.15, 0.2) is 12.1 Å². The van der Waals surface area contributed by atoms with Crippen LogP contribution in [0.1, 0.15) is 6.92 Å². The van der Waals surface area contributed by atoms with Crippen molar-refractivity contribution in [2.24, 2.45) is 5.84 Å². The van der Waals surface area contributed by atoms with Crippen LogP contribution < -0.4 is 16.2 Å². The van der Waals surface area contributed by atoms with E-state index in [2.05, 4.69) is 34.2 Å². The van der Waals surface area contributed by atoms with Crippen molar-refractivity contribution in [3.8, 4) is 0 Å². The minimum Gasteiger partial charge on any atom is -0.351 e. The van der Waals surface area contributed by atoms with Crippen molar-refractivity contribution in [2.45, 2.75) is 13.0 Å². The molecule has 3 N–H and O–H groups in total. The van der Waals surface area contributed by atoms with Crippen molar-refractivity contribution >= 4 is 17.3 Å². The predicted molar refractivity (Wildman–Crippen MR) is 73.0 cm³/mol. The molecule has 0 spiro atoms. The van der Waals surface area contributed by atoms with Gasteiger partial charge < -0.3 is 15.2 Å². The molecule has 1 aromatic heterocycles. The Morgan fingerprint density at radius 1 is 1.53 bits per heavy atom. The first-order chi connectivity index (χ1) is 9.01. The smallest absolute Gasteiger partial charge is 0.276 e. The Hall–Kier alpha value is -1.93. The Labute approximate surface area is 111 Å². The molecule has 8 heteroatoms. The predicted octanol–water partition coefficient (Wildman–Crippen LogP) is 0.416. The number of anilines is 2. The fourth-order valence-corrected chi connectivity index (χ4v) is 2.31. The van der Waals surface area contributed by atoms with Gasteiger partial charge >= 0.3 is 0 Å². The zero-order chi connectivity index (χ0) is 14.0. The number of hydrogen-bond donors (Lipinski definition) is 2. The van der Waals surface area contributed by atoms with Crippen LogP contribution in [-0.4, -0.2) is 47.5 Å². The van der Waals surface area contributed by atoms with E-state index in [4.69, 9.17) is 5.84 Å². The maximum Gasteiger partial charge on any atom is 0.276 e. The van der Waals surface area contributed by atoms with Gasteiger partial charge in [0.15, 0.2) is 0 Å². The summed E-state index contributed by atoms with van der Waals surface area (Å²) in [4.78, 5) is 19.1. The zero-order valence-corrected chi connectivity index (χ0v) is 11.0. The molecular formula is C11H18N6O2. The summed E-state index contributed by atoms with van der Waals surface area (Å²) in [5.41, 5.74) is 2.36. The van der Waals surface area contributed by atoms with Crippen LogP contribution in [-0.2, 0) is 0 Å². The molecular weight excluding hydrogens is 248 g/mol. The Balaban J connectivity index is 2.33. The van der Waals surface area contributed by atoms with Crippen molar-refractivity contribution in [3.63, 3.8) is 0 Å². The number of piperazine rings is 1. The van der Waals surface area contributed by atoms with Gasteiger partial charge in [-0.1, -0.05) is 0 Å². The molecule has 2 heterocycles. The molecule has 8 nitrogen and oxygen atoms in total. The Morgan fingerprint density at radius 3 is 2.84 bits per heavy atom. The van der Waals surface area contributed by atoms with Crippen LogP contribution in [0.5, 0.6) is 0 Å². The summed E-state index contributed by atoms with van der Waals surface area (Å²) < 4.78 is 0. The second kappa shape index (κ2) is 5.37. The molecule has 104 valence electrons. The first kappa shape index (κ1) is 13.5. The number of nitrogens with two attached hydrogens (primary N) is 1. The minimum atomic E-state index is -0.438. The number of pyridine rings is 1. The highest BCUT2D eigenvalue weighted by atomic mass is 16.6. The number of hydrazine groups is 1. The highest BCUT2D eigenvalue weighted by molar-refractivity contribution is 5.56. The summed E-state index contributed by atoms with van der Waals surface area (Å²) in [7, 11) is 2.06. The fraction of sp³-hybridized carbons (Fsp3) is 0.545. The highest BCUT2D eigenvalue weighted by Crippen LogP contribution is 2.25. The van der Waals surface area contributed by atoms with Crippen molar-refractivity contribution in [3.05, 3.63) is 22.2 Å². The lowest BCUT2D eigenvalue weighted by atomic mass is 10.2. The molecule has 0 bridgehead atoms. The van der Waals surface area contributed by atoms with Gasteiger partial charge in [-0.25, -0.2) is 10.8 Å². The molecule has 0 aliphatic carbocycles. The number of nitro groups is 1. The molecule has 1 aliphatic heterocycles. The minimum absolute atomic E-state index is 0.0101.